The second-order valence-corrected chi connectivity index (χ2v) is 4.27. The molecule has 1 atom stereocenters. The molecule has 0 nitrogen and oxygen atoms in total. The molecular weight excluding hydrogens is 116 g/mol. The summed E-state index contributed by atoms with van der Waals surface area (Å²) in [6.45, 7) is 0. The van der Waals surface area contributed by atoms with Gasteiger partial charge >= 0.3 is 0 Å². The monoisotopic (exact) mass is 127 g/mol. The minimum absolute atomic E-state index is 0.708. The maximum atomic E-state index is 2.50. The average molecular weight is 127 g/mol. The standard InChI is InChI=1S/C7H11S/c1-3-7(4-1)5-2-6-8-7/h3H,1-2,4-6H2. The fourth-order valence-corrected chi connectivity index (χ4v) is 3.03. The lowest BCUT2D eigenvalue weighted by Gasteiger charge is -2.36. The van der Waals surface area contributed by atoms with Crippen LogP contribution in [0.3, 0.4) is 0 Å². The van der Waals surface area contributed by atoms with Crippen LogP contribution in [0.1, 0.15) is 25.7 Å². The molecule has 45 valence electrons. The summed E-state index contributed by atoms with van der Waals surface area (Å²) in [6, 6.07) is 0. The van der Waals surface area contributed by atoms with Crippen molar-refractivity contribution in [2.24, 2.45) is 0 Å². The third-order valence-electron chi connectivity index (χ3n) is 2.22. The van der Waals surface area contributed by atoms with Crippen LogP contribution in [-0.2, 0) is 0 Å². The lowest BCUT2D eigenvalue weighted by Crippen LogP contribution is -2.30. The minimum atomic E-state index is 0.708. The Morgan fingerprint density at radius 3 is 2.50 bits per heavy atom. The van der Waals surface area contributed by atoms with Gasteiger partial charge in [-0.25, -0.2) is 0 Å². The molecule has 1 saturated carbocycles. The first-order valence-electron chi connectivity index (χ1n) is 3.40. The molecule has 1 saturated heterocycles. The van der Waals surface area contributed by atoms with E-state index in [-0.39, 0.29) is 0 Å². The normalized spacial score (nSPS) is 33.0. The van der Waals surface area contributed by atoms with E-state index < -0.39 is 0 Å². The highest BCUT2D eigenvalue weighted by Crippen LogP contribution is 2.51. The molecule has 0 aromatic heterocycles. The lowest BCUT2D eigenvalue weighted by atomic mass is 9.81. The van der Waals surface area contributed by atoms with Gasteiger partial charge < -0.3 is 0 Å². The quantitative estimate of drug-likeness (QED) is 0.481. The van der Waals surface area contributed by atoms with Gasteiger partial charge in [0.2, 0.25) is 0 Å². The first kappa shape index (κ1) is 5.16. The molecule has 2 aliphatic rings. The SMILES string of the molecule is [CH]1CCC12CCCS2. The van der Waals surface area contributed by atoms with Gasteiger partial charge in [0.25, 0.3) is 0 Å². The Balaban J connectivity index is 2.01. The second-order valence-electron chi connectivity index (χ2n) is 2.76. The molecule has 1 unspecified atom stereocenters. The first-order valence-corrected chi connectivity index (χ1v) is 4.38. The lowest BCUT2D eigenvalue weighted by molar-refractivity contribution is 0.466. The molecule has 8 heavy (non-hydrogen) atoms. The van der Waals surface area contributed by atoms with Crippen LogP contribution < -0.4 is 0 Å². The average Bonchev–Trinajstić information content (AvgIpc) is 2.07. The highest BCUT2D eigenvalue weighted by atomic mass is 32.2. The van der Waals surface area contributed by atoms with E-state index in [0.29, 0.717) is 4.75 Å². The summed E-state index contributed by atoms with van der Waals surface area (Å²) in [7, 11) is 0. The summed E-state index contributed by atoms with van der Waals surface area (Å²) >= 11 is 2.18. The fourth-order valence-electron chi connectivity index (χ4n) is 1.54. The van der Waals surface area contributed by atoms with Gasteiger partial charge in [0.05, 0.1) is 0 Å². The summed E-state index contributed by atoms with van der Waals surface area (Å²) in [4.78, 5) is 0. The molecule has 0 amide bonds. The second kappa shape index (κ2) is 1.66. The van der Waals surface area contributed by atoms with Crippen LogP contribution in [0.15, 0.2) is 0 Å². The Labute approximate surface area is 55.0 Å². The Hall–Kier alpha value is 0.350. The predicted octanol–water partition coefficient (Wildman–Crippen LogP) is 2.25. The molecule has 1 aliphatic carbocycles. The zero-order valence-corrected chi connectivity index (χ0v) is 5.84. The number of hydrogen-bond acceptors (Lipinski definition) is 1. The van der Waals surface area contributed by atoms with Gasteiger partial charge in [-0.1, -0.05) is 0 Å². The van der Waals surface area contributed by atoms with Crippen LogP contribution in [0.25, 0.3) is 0 Å². The number of hydrogen-bond donors (Lipinski definition) is 0. The molecule has 0 aromatic rings. The van der Waals surface area contributed by atoms with E-state index in [1.54, 1.807) is 0 Å². The van der Waals surface area contributed by atoms with Crippen molar-refractivity contribution in [3.05, 3.63) is 6.42 Å². The highest BCUT2D eigenvalue weighted by Gasteiger charge is 2.40. The van der Waals surface area contributed by atoms with Crippen molar-refractivity contribution in [1.29, 1.82) is 0 Å². The van der Waals surface area contributed by atoms with E-state index in [1.165, 1.54) is 31.4 Å². The van der Waals surface area contributed by atoms with Gasteiger partial charge in [-0.05, 0) is 37.9 Å². The topological polar surface area (TPSA) is 0 Å². The molecule has 1 aliphatic heterocycles. The molecule has 1 radical (unpaired) electrons. The van der Waals surface area contributed by atoms with Crippen molar-refractivity contribution in [2.45, 2.75) is 30.4 Å². The maximum absolute atomic E-state index is 2.50. The van der Waals surface area contributed by atoms with Gasteiger partial charge in [0, 0.05) is 4.75 Å². The third-order valence-corrected chi connectivity index (χ3v) is 3.86. The smallest absolute Gasteiger partial charge is 0.0191 e. The van der Waals surface area contributed by atoms with E-state index in [9.17, 15) is 0 Å². The number of thioether (sulfide) groups is 1. The summed E-state index contributed by atoms with van der Waals surface area (Å²) < 4.78 is 0.708. The van der Waals surface area contributed by atoms with Crippen LogP contribution in [0.5, 0.6) is 0 Å². The maximum Gasteiger partial charge on any atom is 0.0191 e. The van der Waals surface area contributed by atoms with Gasteiger partial charge in [0.15, 0.2) is 0 Å². The molecular formula is C7H11S. The molecule has 0 aromatic carbocycles. The largest absolute Gasteiger partial charge is 0.155 e. The summed E-state index contributed by atoms with van der Waals surface area (Å²) in [5.74, 6) is 1.41. The fraction of sp³-hybridized carbons (Fsp3) is 0.857. The van der Waals surface area contributed by atoms with Crippen LogP contribution in [-0.4, -0.2) is 10.5 Å². The summed E-state index contributed by atoms with van der Waals surface area (Å²) in [5, 5.41) is 0. The third kappa shape index (κ3) is 0.604. The van der Waals surface area contributed by atoms with Gasteiger partial charge in [0.1, 0.15) is 0 Å². The molecule has 1 spiro atoms. The van der Waals surface area contributed by atoms with Crippen molar-refractivity contribution >= 4 is 11.8 Å². The van der Waals surface area contributed by atoms with Crippen molar-refractivity contribution in [3.63, 3.8) is 0 Å². The van der Waals surface area contributed by atoms with Crippen molar-refractivity contribution < 1.29 is 0 Å². The Kier molecular flexibility index (Phi) is 1.07. The molecule has 1 heteroatoms. The molecule has 0 N–H and O–H groups in total. The van der Waals surface area contributed by atoms with Crippen LogP contribution in [0.4, 0.5) is 0 Å². The molecule has 2 rings (SSSR count). The van der Waals surface area contributed by atoms with Gasteiger partial charge in [-0.15, -0.1) is 0 Å². The Morgan fingerprint density at radius 2 is 2.25 bits per heavy atom. The first-order chi connectivity index (χ1) is 3.91. The van der Waals surface area contributed by atoms with E-state index in [1.807, 2.05) is 0 Å². The summed E-state index contributed by atoms with van der Waals surface area (Å²) in [5.41, 5.74) is 0. The highest BCUT2D eigenvalue weighted by molar-refractivity contribution is 8.01. The van der Waals surface area contributed by atoms with E-state index in [0.717, 1.165) is 0 Å². The van der Waals surface area contributed by atoms with Gasteiger partial charge in [-0.2, -0.15) is 11.8 Å². The van der Waals surface area contributed by atoms with Crippen molar-refractivity contribution in [2.75, 3.05) is 5.75 Å². The predicted molar refractivity (Wildman–Crippen MR) is 38.0 cm³/mol. The van der Waals surface area contributed by atoms with Crippen LogP contribution in [0, 0.1) is 6.42 Å². The van der Waals surface area contributed by atoms with Crippen LogP contribution in [0.2, 0.25) is 0 Å². The summed E-state index contributed by atoms with van der Waals surface area (Å²) in [6.07, 6.45) is 8.29. The molecule has 0 bridgehead atoms. The van der Waals surface area contributed by atoms with Gasteiger partial charge in [-0.3, -0.25) is 0 Å². The number of rotatable bonds is 0. The van der Waals surface area contributed by atoms with Crippen molar-refractivity contribution in [3.8, 4) is 0 Å². The zero-order valence-electron chi connectivity index (χ0n) is 5.02. The van der Waals surface area contributed by atoms with E-state index >= 15 is 0 Å². The van der Waals surface area contributed by atoms with E-state index in [4.69, 9.17) is 0 Å². The zero-order chi connectivity index (χ0) is 5.45. The molecule has 1 heterocycles. The van der Waals surface area contributed by atoms with Crippen LogP contribution >= 0.6 is 11.8 Å². The molecule has 2 fully saturated rings. The Morgan fingerprint density at radius 1 is 1.38 bits per heavy atom. The Bertz CT molecular complexity index is 86.6. The minimum Gasteiger partial charge on any atom is -0.155 e. The van der Waals surface area contributed by atoms with E-state index in [2.05, 4.69) is 18.2 Å². The van der Waals surface area contributed by atoms with Crippen molar-refractivity contribution in [1.82, 2.24) is 0 Å².